The number of hydrogen-bond acceptors (Lipinski definition) is 3. The Hall–Kier alpha value is -0.610. The Kier molecular flexibility index (Phi) is 3.27. The Morgan fingerprint density at radius 3 is 2.85 bits per heavy atom. The van der Waals surface area contributed by atoms with Crippen molar-refractivity contribution in [2.24, 2.45) is 5.41 Å². The molecule has 1 rings (SSSR count). The monoisotopic (exact) mass is 187 g/mol. The fourth-order valence-electron chi connectivity index (χ4n) is 2.01. The Balaban J connectivity index is 2.79. The number of hydrogen-bond donors (Lipinski definition) is 3. The number of carboxylic acids is 1. The summed E-state index contributed by atoms with van der Waals surface area (Å²) in [5, 5.41) is 21.8. The van der Waals surface area contributed by atoms with Crippen LogP contribution in [-0.4, -0.2) is 35.4 Å². The minimum absolute atomic E-state index is 0.395. The van der Waals surface area contributed by atoms with Gasteiger partial charge in [-0.3, -0.25) is 4.79 Å². The Labute approximate surface area is 78.0 Å². The van der Waals surface area contributed by atoms with Gasteiger partial charge in [-0.15, -0.1) is 0 Å². The number of piperidine rings is 1. The number of nitrogens with one attached hydrogen (secondary N) is 1. The molecule has 13 heavy (non-hydrogen) atoms. The van der Waals surface area contributed by atoms with Crippen LogP contribution in [0.5, 0.6) is 0 Å². The van der Waals surface area contributed by atoms with Gasteiger partial charge in [-0.2, -0.15) is 0 Å². The van der Waals surface area contributed by atoms with Crippen molar-refractivity contribution in [3.05, 3.63) is 0 Å². The van der Waals surface area contributed by atoms with Gasteiger partial charge in [0, 0.05) is 6.54 Å². The van der Waals surface area contributed by atoms with E-state index in [1.54, 1.807) is 0 Å². The van der Waals surface area contributed by atoms with Crippen molar-refractivity contribution in [1.29, 1.82) is 0 Å². The highest BCUT2D eigenvalue weighted by molar-refractivity contribution is 5.75. The highest BCUT2D eigenvalue weighted by Gasteiger charge is 2.45. The van der Waals surface area contributed by atoms with Crippen LogP contribution in [0.2, 0.25) is 0 Å². The van der Waals surface area contributed by atoms with Crippen LogP contribution in [0.1, 0.15) is 26.2 Å². The molecule has 0 spiro atoms. The fraction of sp³-hybridized carbons (Fsp3) is 0.889. The first-order chi connectivity index (χ1) is 6.13. The van der Waals surface area contributed by atoms with Crippen molar-refractivity contribution < 1.29 is 15.0 Å². The van der Waals surface area contributed by atoms with E-state index in [0.29, 0.717) is 25.9 Å². The van der Waals surface area contributed by atoms with Gasteiger partial charge in [0.1, 0.15) is 0 Å². The van der Waals surface area contributed by atoms with E-state index in [0.717, 1.165) is 6.42 Å². The zero-order valence-corrected chi connectivity index (χ0v) is 7.92. The summed E-state index contributed by atoms with van der Waals surface area (Å²) < 4.78 is 0. The molecule has 0 aromatic heterocycles. The van der Waals surface area contributed by atoms with Crippen molar-refractivity contribution in [2.45, 2.75) is 32.3 Å². The maximum atomic E-state index is 11.1. The Morgan fingerprint density at radius 1 is 1.69 bits per heavy atom. The predicted molar refractivity (Wildman–Crippen MR) is 48.5 cm³/mol. The molecule has 1 heterocycles. The van der Waals surface area contributed by atoms with Gasteiger partial charge < -0.3 is 15.5 Å². The number of β-amino-alcohol motifs (C(OH)–C–C–N with tert-alkyl or cyclic N) is 1. The molecule has 1 aliphatic rings. The van der Waals surface area contributed by atoms with Crippen LogP contribution in [0.25, 0.3) is 0 Å². The highest BCUT2D eigenvalue weighted by Crippen LogP contribution is 2.34. The van der Waals surface area contributed by atoms with Gasteiger partial charge >= 0.3 is 5.97 Å². The molecule has 2 atom stereocenters. The smallest absolute Gasteiger partial charge is 0.312 e. The Morgan fingerprint density at radius 2 is 2.38 bits per heavy atom. The van der Waals surface area contributed by atoms with Crippen molar-refractivity contribution in [3.63, 3.8) is 0 Å². The number of aliphatic carboxylic acids is 1. The van der Waals surface area contributed by atoms with E-state index in [4.69, 9.17) is 5.11 Å². The minimum atomic E-state index is -0.903. The molecule has 1 saturated heterocycles. The van der Waals surface area contributed by atoms with Gasteiger partial charge in [-0.25, -0.2) is 0 Å². The third-order valence-corrected chi connectivity index (χ3v) is 2.85. The molecule has 0 aliphatic carbocycles. The van der Waals surface area contributed by atoms with Crippen LogP contribution in [0.15, 0.2) is 0 Å². The summed E-state index contributed by atoms with van der Waals surface area (Å²) in [6, 6.07) is 0. The molecule has 1 aliphatic heterocycles. The average Bonchev–Trinajstić information content (AvgIpc) is 2.09. The van der Waals surface area contributed by atoms with Crippen LogP contribution in [0.3, 0.4) is 0 Å². The van der Waals surface area contributed by atoms with E-state index in [1.165, 1.54) is 0 Å². The third-order valence-electron chi connectivity index (χ3n) is 2.85. The molecule has 0 radical (unpaired) electrons. The first-order valence-corrected chi connectivity index (χ1v) is 4.75. The summed E-state index contributed by atoms with van der Waals surface area (Å²) in [6.07, 6.45) is 1.13. The number of carboxylic acid groups (broad SMARTS) is 1. The number of aliphatic hydroxyl groups is 1. The van der Waals surface area contributed by atoms with Crippen molar-refractivity contribution in [2.75, 3.05) is 13.1 Å². The lowest BCUT2D eigenvalue weighted by Crippen LogP contribution is -2.53. The van der Waals surface area contributed by atoms with Gasteiger partial charge in [0.25, 0.3) is 0 Å². The lowest BCUT2D eigenvalue weighted by atomic mass is 9.73. The second-order valence-corrected chi connectivity index (χ2v) is 3.68. The molecule has 3 N–H and O–H groups in total. The summed E-state index contributed by atoms with van der Waals surface area (Å²) >= 11 is 0. The fourth-order valence-corrected chi connectivity index (χ4v) is 2.01. The molecule has 4 nitrogen and oxygen atoms in total. The second-order valence-electron chi connectivity index (χ2n) is 3.68. The molecule has 76 valence electrons. The summed E-state index contributed by atoms with van der Waals surface area (Å²) in [7, 11) is 0. The number of carbonyl (C=O) groups is 1. The van der Waals surface area contributed by atoms with Crippen LogP contribution < -0.4 is 5.32 Å². The Bertz CT molecular complexity index is 191. The van der Waals surface area contributed by atoms with Gasteiger partial charge in [-0.05, 0) is 19.4 Å². The lowest BCUT2D eigenvalue weighted by Gasteiger charge is -2.38. The normalized spacial score (nSPS) is 34.5. The first kappa shape index (κ1) is 10.5. The number of aliphatic hydroxyl groups excluding tert-OH is 1. The largest absolute Gasteiger partial charge is 0.481 e. The standard InChI is InChI=1S/C9H17NO3/c1-2-3-9(8(12)13)4-5-10-6-7(9)11/h7,10-11H,2-6H2,1H3,(H,12,13)/t7-,9-/m0/s1. The van der Waals surface area contributed by atoms with E-state index in [9.17, 15) is 9.90 Å². The molecular weight excluding hydrogens is 170 g/mol. The SMILES string of the molecule is CCC[C@]1(C(=O)O)CCNC[C@@H]1O. The lowest BCUT2D eigenvalue weighted by molar-refractivity contribution is -0.160. The highest BCUT2D eigenvalue weighted by atomic mass is 16.4. The average molecular weight is 187 g/mol. The van der Waals surface area contributed by atoms with Crippen molar-refractivity contribution in [1.82, 2.24) is 5.32 Å². The van der Waals surface area contributed by atoms with Gasteiger partial charge in [-0.1, -0.05) is 13.3 Å². The molecule has 0 unspecified atom stereocenters. The quantitative estimate of drug-likeness (QED) is 0.591. The maximum absolute atomic E-state index is 11.1. The molecule has 0 saturated carbocycles. The molecule has 4 heteroatoms. The van der Waals surface area contributed by atoms with E-state index in [1.807, 2.05) is 6.92 Å². The van der Waals surface area contributed by atoms with Crippen LogP contribution >= 0.6 is 0 Å². The van der Waals surface area contributed by atoms with Crippen molar-refractivity contribution >= 4 is 5.97 Å². The van der Waals surface area contributed by atoms with E-state index in [2.05, 4.69) is 5.32 Å². The summed E-state index contributed by atoms with van der Waals surface area (Å²) in [5.41, 5.74) is -0.903. The molecule has 0 aromatic carbocycles. The molecular formula is C9H17NO3. The maximum Gasteiger partial charge on any atom is 0.312 e. The number of rotatable bonds is 3. The van der Waals surface area contributed by atoms with E-state index >= 15 is 0 Å². The van der Waals surface area contributed by atoms with Gasteiger partial charge in [0.2, 0.25) is 0 Å². The topological polar surface area (TPSA) is 69.6 Å². The molecule has 0 amide bonds. The second kappa shape index (κ2) is 4.07. The predicted octanol–water partition coefficient (Wildman–Crippen LogP) is 0.212. The summed E-state index contributed by atoms with van der Waals surface area (Å²) in [4.78, 5) is 11.1. The minimum Gasteiger partial charge on any atom is -0.481 e. The van der Waals surface area contributed by atoms with Crippen LogP contribution in [0.4, 0.5) is 0 Å². The zero-order valence-electron chi connectivity index (χ0n) is 7.92. The van der Waals surface area contributed by atoms with E-state index in [-0.39, 0.29) is 0 Å². The molecule has 1 fully saturated rings. The molecule has 0 aromatic rings. The van der Waals surface area contributed by atoms with Crippen LogP contribution in [0, 0.1) is 5.41 Å². The first-order valence-electron chi connectivity index (χ1n) is 4.75. The summed E-state index contributed by atoms with van der Waals surface area (Å²) in [6.45, 7) is 3.02. The van der Waals surface area contributed by atoms with E-state index < -0.39 is 17.5 Å². The van der Waals surface area contributed by atoms with Gasteiger partial charge in [0.15, 0.2) is 0 Å². The summed E-state index contributed by atoms with van der Waals surface area (Å²) in [5.74, 6) is -0.858. The van der Waals surface area contributed by atoms with Gasteiger partial charge in [0.05, 0.1) is 11.5 Å². The van der Waals surface area contributed by atoms with Crippen LogP contribution in [-0.2, 0) is 4.79 Å². The zero-order chi connectivity index (χ0) is 9.90. The van der Waals surface area contributed by atoms with Crippen molar-refractivity contribution in [3.8, 4) is 0 Å². The third kappa shape index (κ3) is 1.84. The molecule has 0 bridgehead atoms.